The molecular weight excluding hydrogens is 424 g/mol. The smallest absolute Gasteiger partial charge is 0.287 e. The molecule has 1 rings (SSSR count). The first-order chi connectivity index (χ1) is 12.2. The molecule has 0 radical (unpaired) electrons. The molecule has 0 aliphatic heterocycles. The lowest BCUT2D eigenvalue weighted by Crippen LogP contribution is -2.71. The maximum atomic E-state index is 13.7. The Hall–Kier alpha value is -1.95. The van der Waals surface area contributed by atoms with Gasteiger partial charge in [-0.25, -0.2) is 0 Å². The maximum Gasteiger partial charge on any atom is 0.386 e. The van der Waals surface area contributed by atoms with Gasteiger partial charge in [-0.2, -0.15) is 52.7 Å². The van der Waals surface area contributed by atoms with Crippen LogP contribution < -0.4 is 0 Å². The Morgan fingerprint density at radius 2 is 1.00 bits per heavy atom. The van der Waals surface area contributed by atoms with Crippen molar-refractivity contribution >= 4 is 5.78 Å². The third-order valence-corrected chi connectivity index (χ3v) is 3.73. The van der Waals surface area contributed by atoms with E-state index in [-0.39, 0.29) is 0 Å². The summed E-state index contributed by atoms with van der Waals surface area (Å²) in [5, 5.41) is 0. The van der Waals surface area contributed by atoms with Gasteiger partial charge in [-0.15, -0.1) is 0 Å². The summed E-state index contributed by atoms with van der Waals surface area (Å²) in [4.78, 5) is 11.5. The number of hydrogen-bond donors (Lipinski definition) is 0. The molecule has 160 valence electrons. The zero-order valence-electron chi connectivity index (χ0n) is 13.8. The molecular formula is C15H10F12O. The lowest BCUT2D eigenvalue weighted by Gasteiger charge is -2.40. The van der Waals surface area contributed by atoms with Gasteiger partial charge in [0.2, 0.25) is 5.78 Å². The van der Waals surface area contributed by atoms with E-state index in [0.717, 1.165) is 12.1 Å². The summed E-state index contributed by atoms with van der Waals surface area (Å²) >= 11 is 0. The first kappa shape index (κ1) is 24.1. The van der Waals surface area contributed by atoms with Gasteiger partial charge in [0.15, 0.2) is 0 Å². The third-order valence-electron chi connectivity index (χ3n) is 3.73. The number of benzene rings is 1. The molecule has 0 bridgehead atoms. The van der Waals surface area contributed by atoms with Crippen molar-refractivity contribution in [3.05, 3.63) is 35.4 Å². The highest BCUT2D eigenvalue weighted by Gasteiger charge is 2.90. The van der Waals surface area contributed by atoms with Crippen LogP contribution in [0.25, 0.3) is 0 Å². The number of Topliss-reactive ketones (excluding diaryl/α,β-unsaturated/α-hetero) is 1. The second kappa shape index (κ2) is 6.55. The fourth-order valence-electron chi connectivity index (χ4n) is 1.90. The molecule has 0 heterocycles. The second-order valence-corrected chi connectivity index (χ2v) is 5.96. The average Bonchev–Trinajstić information content (AvgIpc) is 2.53. The summed E-state index contributed by atoms with van der Waals surface area (Å²) < 4.78 is 160. The van der Waals surface area contributed by atoms with Gasteiger partial charge in [0, 0.05) is 12.5 Å². The number of hydrogen-bond acceptors (Lipinski definition) is 1. The lowest BCUT2D eigenvalue weighted by molar-refractivity contribution is -0.417. The van der Waals surface area contributed by atoms with Gasteiger partial charge in [-0.3, -0.25) is 4.79 Å². The van der Waals surface area contributed by atoms with Gasteiger partial charge in [0.05, 0.1) is 0 Å². The monoisotopic (exact) mass is 434 g/mol. The number of carbonyl (C=O) groups is 1. The number of aryl methyl sites for hydroxylation is 1. The minimum atomic E-state index is -7.74. The van der Waals surface area contributed by atoms with Crippen LogP contribution in [-0.4, -0.2) is 41.3 Å². The molecule has 0 saturated heterocycles. The van der Waals surface area contributed by atoms with Crippen molar-refractivity contribution < 1.29 is 57.5 Å². The van der Waals surface area contributed by atoms with Crippen LogP contribution in [-0.2, 0) is 0 Å². The Balaban J connectivity index is 3.52. The normalized spacial score (nSPS) is 14.9. The van der Waals surface area contributed by atoms with Gasteiger partial charge < -0.3 is 0 Å². The molecule has 0 aliphatic rings. The van der Waals surface area contributed by atoms with Crippen LogP contribution >= 0.6 is 0 Å². The summed E-state index contributed by atoms with van der Waals surface area (Å²) in [6.45, 7) is 0.355. The third kappa shape index (κ3) is 3.21. The molecule has 1 aromatic rings. The Kier molecular flexibility index (Phi) is 5.63. The highest BCUT2D eigenvalue weighted by molar-refractivity contribution is 6.02. The van der Waals surface area contributed by atoms with Gasteiger partial charge in [0.1, 0.15) is 0 Å². The highest BCUT2D eigenvalue weighted by Crippen LogP contribution is 2.60. The van der Waals surface area contributed by atoms with E-state index in [1.54, 1.807) is 0 Å². The summed E-state index contributed by atoms with van der Waals surface area (Å²) in [7, 11) is 0. The molecule has 0 spiro atoms. The molecule has 0 saturated carbocycles. The van der Waals surface area contributed by atoms with E-state index in [0.29, 0.717) is 17.7 Å². The fourth-order valence-corrected chi connectivity index (χ4v) is 1.90. The first-order valence-electron chi connectivity index (χ1n) is 7.04. The topological polar surface area (TPSA) is 17.1 Å². The van der Waals surface area contributed by atoms with Crippen LogP contribution in [0.5, 0.6) is 0 Å². The summed E-state index contributed by atoms with van der Waals surface area (Å²) in [5.41, 5.74) is -1.03. The van der Waals surface area contributed by atoms with Crippen molar-refractivity contribution in [3.8, 4) is 0 Å². The van der Waals surface area contributed by atoms with E-state index in [2.05, 4.69) is 0 Å². The van der Waals surface area contributed by atoms with Crippen molar-refractivity contribution in [1.29, 1.82) is 0 Å². The van der Waals surface area contributed by atoms with E-state index in [1.165, 1.54) is 6.92 Å². The Morgan fingerprint density at radius 1 is 0.643 bits per heavy atom. The zero-order chi connectivity index (χ0) is 22.6. The number of halogens is 12. The molecule has 1 nitrogen and oxygen atoms in total. The van der Waals surface area contributed by atoms with Gasteiger partial charge in [0.25, 0.3) is 0 Å². The molecule has 0 fully saturated rings. The van der Waals surface area contributed by atoms with Crippen molar-refractivity contribution in [2.75, 3.05) is 0 Å². The predicted octanol–water partition coefficient (Wildman–Crippen LogP) is 6.01. The minimum absolute atomic E-state index is 0.299. The number of ketones is 1. The zero-order valence-corrected chi connectivity index (χ0v) is 13.8. The second-order valence-electron chi connectivity index (χ2n) is 5.96. The Morgan fingerprint density at radius 3 is 1.36 bits per heavy atom. The predicted molar refractivity (Wildman–Crippen MR) is 70.9 cm³/mol. The fraction of sp³-hybridized carbons (Fsp3) is 0.533. The average molecular weight is 434 g/mol. The summed E-state index contributed by atoms with van der Waals surface area (Å²) in [5.74, 6) is -45.7. The van der Waals surface area contributed by atoms with Gasteiger partial charge >= 0.3 is 35.5 Å². The lowest BCUT2D eigenvalue weighted by atomic mass is 9.89. The van der Waals surface area contributed by atoms with Crippen LogP contribution in [0.1, 0.15) is 22.8 Å². The summed E-state index contributed by atoms with van der Waals surface area (Å²) in [6.07, 6.45) is 0. The standard InChI is InChI=1S/C15H10F12O/c1-7-3-5-8(6-4-7)9(28)11(18,19)13(22,23)15(26,27)14(24,25)12(20,21)10(2,16)17/h3-6H,1-2H3. The molecule has 0 N–H and O–H groups in total. The molecule has 13 heteroatoms. The number of alkyl halides is 12. The van der Waals surface area contributed by atoms with Crippen molar-refractivity contribution in [2.45, 2.75) is 49.4 Å². The van der Waals surface area contributed by atoms with Crippen molar-refractivity contribution in [2.24, 2.45) is 0 Å². The van der Waals surface area contributed by atoms with Gasteiger partial charge in [-0.05, 0) is 6.92 Å². The highest BCUT2D eigenvalue weighted by atomic mass is 19.4. The molecule has 0 atom stereocenters. The summed E-state index contributed by atoms with van der Waals surface area (Å²) in [6, 6.07) is 2.74. The van der Waals surface area contributed by atoms with Crippen LogP contribution in [0.2, 0.25) is 0 Å². The molecule has 0 unspecified atom stereocenters. The van der Waals surface area contributed by atoms with Crippen LogP contribution in [0.3, 0.4) is 0 Å². The largest absolute Gasteiger partial charge is 0.386 e. The Bertz CT molecular complexity index is 730. The number of rotatable bonds is 7. The van der Waals surface area contributed by atoms with Crippen molar-refractivity contribution in [1.82, 2.24) is 0 Å². The van der Waals surface area contributed by atoms with E-state index in [1.807, 2.05) is 0 Å². The van der Waals surface area contributed by atoms with E-state index >= 15 is 0 Å². The van der Waals surface area contributed by atoms with E-state index in [9.17, 15) is 57.5 Å². The molecule has 28 heavy (non-hydrogen) atoms. The van der Waals surface area contributed by atoms with E-state index < -0.39 is 53.8 Å². The number of carbonyl (C=O) groups excluding carboxylic acids is 1. The molecule has 0 aliphatic carbocycles. The van der Waals surface area contributed by atoms with Gasteiger partial charge in [-0.1, -0.05) is 29.8 Å². The molecule has 0 amide bonds. The van der Waals surface area contributed by atoms with Crippen LogP contribution in [0, 0.1) is 6.92 Å². The maximum absolute atomic E-state index is 13.7. The quantitative estimate of drug-likeness (QED) is 0.380. The SMILES string of the molecule is Cc1ccc(C(=O)C(F)(F)C(F)(F)C(F)(F)C(F)(F)C(F)(F)C(C)(F)F)cc1. The molecule has 0 aromatic heterocycles. The molecule has 1 aromatic carbocycles. The van der Waals surface area contributed by atoms with Crippen molar-refractivity contribution in [3.63, 3.8) is 0 Å². The first-order valence-corrected chi connectivity index (χ1v) is 7.04. The van der Waals surface area contributed by atoms with E-state index in [4.69, 9.17) is 0 Å². The van der Waals surface area contributed by atoms with Crippen LogP contribution in [0.15, 0.2) is 24.3 Å². The Labute approximate surface area is 149 Å². The van der Waals surface area contributed by atoms with Crippen LogP contribution in [0.4, 0.5) is 52.7 Å². The minimum Gasteiger partial charge on any atom is -0.287 e.